The van der Waals surface area contributed by atoms with Gasteiger partial charge in [-0.15, -0.1) is 0 Å². The number of aliphatic hydroxyl groups is 1. The third kappa shape index (κ3) is 1.76. The summed E-state index contributed by atoms with van der Waals surface area (Å²) in [6.07, 6.45) is 0.455. The zero-order valence-electron chi connectivity index (χ0n) is 10.6. The maximum atomic E-state index is 10.6. The average molecular weight is 247 g/mol. The Bertz CT molecular complexity index is 478. The molecule has 1 aliphatic rings. The van der Waals surface area contributed by atoms with Gasteiger partial charge in [-0.1, -0.05) is 18.2 Å². The van der Waals surface area contributed by atoms with Gasteiger partial charge in [0.05, 0.1) is 19.3 Å². The van der Waals surface area contributed by atoms with Gasteiger partial charge in [0.1, 0.15) is 16.8 Å². The standard InChI is InChI=1S/C14H17NO3/c1-13(16,10-17-2)14(9-15)7-8-18-12-6-4-3-5-11(12)14/h3-6,16H,7-8,10H2,1-2H3. The van der Waals surface area contributed by atoms with Gasteiger partial charge >= 0.3 is 0 Å². The van der Waals surface area contributed by atoms with E-state index in [2.05, 4.69) is 6.07 Å². The van der Waals surface area contributed by atoms with Crippen LogP contribution in [0.4, 0.5) is 0 Å². The molecule has 0 aliphatic carbocycles. The van der Waals surface area contributed by atoms with Crippen LogP contribution in [-0.4, -0.2) is 31.0 Å². The topological polar surface area (TPSA) is 62.5 Å². The van der Waals surface area contributed by atoms with Crippen LogP contribution < -0.4 is 4.74 Å². The molecule has 4 heteroatoms. The number of hydrogen-bond acceptors (Lipinski definition) is 4. The minimum Gasteiger partial charge on any atom is -0.493 e. The second-order valence-corrected chi connectivity index (χ2v) is 4.82. The van der Waals surface area contributed by atoms with Crippen LogP contribution in [0.15, 0.2) is 24.3 Å². The summed E-state index contributed by atoms with van der Waals surface area (Å²) in [4.78, 5) is 0. The highest BCUT2D eigenvalue weighted by molar-refractivity contribution is 5.48. The van der Waals surface area contributed by atoms with E-state index in [1.54, 1.807) is 6.92 Å². The summed E-state index contributed by atoms with van der Waals surface area (Å²) in [6.45, 7) is 2.17. The van der Waals surface area contributed by atoms with E-state index in [1.165, 1.54) is 7.11 Å². The minimum absolute atomic E-state index is 0.106. The fourth-order valence-corrected chi connectivity index (χ4v) is 2.59. The lowest BCUT2D eigenvalue weighted by Gasteiger charge is -2.43. The van der Waals surface area contributed by atoms with Crippen LogP contribution in [0, 0.1) is 11.3 Å². The van der Waals surface area contributed by atoms with Crippen LogP contribution in [-0.2, 0) is 10.2 Å². The van der Waals surface area contributed by atoms with Crippen molar-refractivity contribution in [3.8, 4) is 11.8 Å². The van der Waals surface area contributed by atoms with Crippen molar-refractivity contribution in [2.45, 2.75) is 24.4 Å². The molecule has 2 unspecified atom stereocenters. The van der Waals surface area contributed by atoms with E-state index in [9.17, 15) is 10.4 Å². The Hall–Kier alpha value is -1.57. The predicted molar refractivity (Wildman–Crippen MR) is 66.3 cm³/mol. The Labute approximate surface area is 107 Å². The van der Waals surface area contributed by atoms with Gasteiger partial charge in [0.25, 0.3) is 0 Å². The number of benzene rings is 1. The summed E-state index contributed by atoms with van der Waals surface area (Å²) in [5, 5.41) is 20.3. The van der Waals surface area contributed by atoms with E-state index in [0.29, 0.717) is 18.8 Å². The first-order valence-electron chi connectivity index (χ1n) is 5.92. The Kier molecular flexibility index (Phi) is 3.29. The zero-order valence-corrected chi connectivity index (χ0v) is 10.6. The molecule has 18 heavy (non-hydrogen) atoms. The highest BCUT2D eigenvalue weighted by atomic mass is 16.5. The Morgan fingerprint density at radius 2 is 2.28 bits per heavy atom. The molecule has 0 aromatic heterocycles. The van der Waals surface area contributed by atoms with Crippen molar-refractivity contribution in [1.29, 1.82) is 5.26 Å². The number of hydrogen-bond donors (Lipinski definition) is 1. The molecular weight excluding hydrogens is 230 g/mol. The summed E-state index contributed by atoms with van der Waals surface area (Å²) in [5.74, 6) is 0.668. The summed E-state index contributed by atoms with van der Waals surface area (Å²) < 4.78 is 10.6. The number of nitrogens with zero attached hydrogens (tertiary/aromatic N) is 1. The van der Waals surface area contributed by atoms with Crippen molar-refractivity contribution >= 4 is 0 Å². The van der Waals surface area contributed by atoms with Crippen LogP contribution in [0.1, 0.15) is 18.9 Å². The van der Waals surface area contributed by atoms with Crippen LogP contribution in [0.3, 0.4) is 0 Å². The fourth-order valence-electron chi connectivity index (χ4n) is 2.59. The van der Waals surface area contributed by atoms with Gasteiger partial charge in [0.15, 0.2) is 0 Å². The van der Waals surface area contributed by atoms with E-state index in [4.69, 9.17) is 9.47 Å². The normalized spacial score (nSPS) is 25.4. The first-order valence-corrected chi connectivity index (χ1v) is 5.92. The molecule has 0 bridgehead atoms. The molecule has 0 fully saturated rings. The first kappa shape index (κ1) is 12.9. The molecule has 96 valence electrons. The Morgan fingerprint density at radius 3 is 2.94 bits per heavy atom. The number of rotatable bonds is 3. The number of nitriles is 1. The van der Waals surface area contributed by atoms with Crippen molar-refractivity contribution in [3.05, 3.63) is 29.8 Å². The molecule has 0 amide bonds. The molecule has 1 heterocycles. The quantitative estimate of drug-likeness (QED) is 0.881. The van der Waals surface area contributed by atoms with Crippen molar-refractivity contribution < 1.29 is 14.6 Å². The lowest BCUT2D eigenvalue weighted by atomic mass is 9.66. The van der Waals surface area contributed by atoms with Gasteiger partial charge in [-0.25, -0.2) is 0 Å². The molecule has 2 atom stereocenters. The molecular formula is C14H17NO3. The summed E-state index contributed by atoms with van der Waals surface area (Å²) in [7, 11) is 1.52. The number of para-hydroxylation sites is 1. The molecule has 1 N–H and O–H groups in total. The maximum Gasteiger partial charge on any atom is 0.124 e. The van der Waals surface area contributed by atoms with Gasteiger partial charge in [0, 0.05) is 19.1 Å². The van der Waals surface area contributed by atoms with E-state index < -0.39 is 11.0 Å². The van der Waals surface area contributed by atoms with Gasteiger partial charge in [-0.05, 0) is 13.0 Å². The number of methoxy groups -OCH3 is 1. The summed E-state index contributed by atoms with van der Waals surface area (Å²) in [6, 6.07) is 9.65. The van der Waals surface area contributed by atoms with E-state index in [1.807, 2.05) is 24.3 Å². The lowest BCUT2D eigenvalue weighted by Crippen LogP contribution is -2.54. The molecule has 2 rings (SSSR count). The van der Waals surface area contributed by atoms with Crippen molar-refractivity contribution in [2.75, 3.05) is 20.3 Å². The summed E-state index contributed by atoms with van der Waals surface area (Å²) in [5.41, 5.74) is -1.50. The van der Waals surface area contributed by atoms with Crippen LogP contribution in [0.2, 0.25) is 0 Å². The molecule has 0 saturated carbocycles. The van der Waals surface area contributed by atoms with Crippen LogP contribution in [0.25, 0.3) is 0 Å². The highest BCUT2D eigenvalue weighted by Gasteiger charge is 2.52. The van der Waals surface area contributed by atoms with E-state index >= 15 is 0 Å². The highest BCUT2D eigenvalue weighted by Crippen LogP contribution is 2.45. The maximum absolute atomic E-state index is 10.6. The monoisotopic (exact) mass is 247 g/mol. The molecule has 0 spiro atoms. The lowest BCUT2D eigenvalue weighted by molar-refractivity contribution is -0.0685. The SMILES string of the molecule is COCC(C)(O)C1(C#N)CCOc2ccccc21. The van der Waals surface area contributed by atoms with Gasteiger partial charge in [-0.2, -0.15) is 5.26 Å². The minimum atomic E-state index is -1.25. The predicted octanol–water partition coefficient (Wildman–Crippen LogP) is 1.63. The molecule has 4 nitrogen and oxygen atoms in total. The molecule has 0 saturated heterocycles. The zero-order chi connectivity index (χ0) is 13.2. The summed E-state index contributed by atoms with van der Waals surface area (Å²) >= 11 is 0. The Balaban J connectivity index is 2.56. The molecule has 1 aliphatic heterocycles. The second kappa shape index (κ2) is 4.60. The van der Waals surface area contributed by atoms with Gasteiger partial charge < -0.3 is 14.6 Å². The molecule has 0 radical (unpaired) electrons. The third-order valence-corrected chi connectivity index (χ3v) is 3.62. The van der Waals surface area contributed by atoms with Crippen molar-refractivity contribution in [2.24, 2.45) is 0 Å². The van der Waals surface area contributed by atoms with E-state index in [0.717, 1.165) is 5.56 Å². The average Bonchev–Trinajstić information content (AvgIpc) is 2.37. The van der Waals surface area contributed by atoms with Crippen LogP contribution in [0.5, 0.6) is 5.75 Å². The fraction of sp³-hybridized carbons (Fsp3) is 0.500. The van der Waals surface area contributed by atoms with Crippen molar-refractivity contribution in [3.63, 3.8) is 0 Å². The van der Waals surface area contributed by atoms with Crippen molar-refractivity contribution in [1.82, 2.24) is 0 Å². The first-order chi connectivity index (χ1) is 8.57. The largest absolute Gasteiger partial charge is 0.493 e. The third-order valence-electron chi connectivity index (χ3n) is 3.62. The van der Waals surface area contributed by atoms with E-state index in [-0.39, 0.29) is 6.61 Å². The Morgan fingerprint density at radius 1 is 1.56 bits per heavy atom. The molecule has 1 aromatic carbocycles. The molecule has 1 aromatic rings. The smallest absolute Gasteiger partial charge is 0.124 e. The number of ether oxygens (including phenoxy) is 2. The second-order valence-electron chi connectivity index (χ2n) is 4.82. The van der Waals surface area contributed by atoms with Gasteiger partial charge in [-0.3, -0.25) is 0 Å². The van der Waals surface area contributed by atoms with Crippen LogP contribution >= 0.6 is 0 Å². The van der Waals surface area contributed by atoms with Gasteiger partial charge in [0.2, 0.25) is 0 Å². The number of fused-ring (bicyclic) bond motifs is 1.